The number of aliphatic carboxylic acids is 1. The lowest BCUT2D eigenvalue weighted by molar-refractivity contribution is -0.133. The number of carbonyl (C=O) groups is 1. The highest BCUT2D eigenvalue weighted by molar-refractivity contribution is 5.86. The molecule has 0 spiro atoms. The molecule has 0 saturated carbocycles. The first-order valence-electron chi connectivity index (χ1n) is 3.06. The highest BCUT2D eigenvalue weighted by Crippen LogP contribution is 2.02. The van der Waals surface area contributed by atoms with Crippen molar-refractivity contribution in [2.24, 2.45) is 0 Å². The predicted octanol–water partition coefficient (Wildman–Crippen LogP) is 0.665. The summed E-state index contributed by atoms with van der Waals surface area (Å²) in [5.41, 5.74) is 0.0141. The van der Waals surface area contributed by atoms with E-state index in [1.165, 1.54) is 0 Å². The first kappa shape index (κ1) is 9.73. The van der Waals surface area contributed by atoms with E-state index in [0.717, 1.165) is 0 Å². The van der Waals surface area contributed by atoms with Crippen LogP contribution in [0.1, 0.15) is 6.92 Å². The van der Waals surface area contributed by atoms with Crippen LogP contribution in [0.3, 0.4) is 0 Å². The summed E-state index contributed by atoms with van der Waals surface area (Å²) in [7, 11) is 0. The molecule has 0 heterocycles. The Balaban J connectivity index is 3.85. The van der Waals surface area contributed by atoms with Crippen LogP contribution >= 0.6 is 0 Å². The molecule has 0 fully saturated rings. The van der Waals surface area contributed by atoms with E-state index in [0.29, 0.717) is 0 Å². The van der Waals surface area contributed by atoms with Gasteiger partial charge in [-0.2, -0.15) is 0 Å². The van der Waals surface area contributed by atoms with Crippen LogP contribution in [0.25, 0.3) is 0 Å². The van der Waals surface area contributed by atoms with Gasteiger partial charge in [0, 0.05) is 0 Å². The van der Waals surface area contributed by atoms with Gasteiger partial charge in [0.15, 0.2) is 0 Å². The lowest BCUT2D eigenvalue weighted by atomic mass is 10.2. The van der Waals surface area contributed by atoms with Crippen LogP contribution in [0.5, 0.6) is 0 Å². The van der Waals surface area contributed by atoms with Gasteiger partial charge >= 0.3 is 5.97 Å². The highest BCUT2D eigenvalue weighted by atomic mass is 16.5. The minimum absolute atomic E-state index is 0.0141. The summed E-state index contributed by atoms with van der Waals surface area (Å²) >= 11 is 0. The van der Waals surface area contributed by atoms with E-state index in [1.54, 1.807) is 6.92 Å². The number of carboxylic acid groups (broad SMARTS) is 1. The Labute approximate surface area is 65.7 Å². The zero-order valence-corrected chi connectivity index (χ0v) is 6.33. The van der Waals surface area contributed by atoms with E-state index in [9.17, 15) is 4.79 Å². The Bertz CT molecular complexity index is 200. The minimum Gasteiger partial charge on any atom is -0.478 e. The third-order valence-electron chi connectivity index (χ3n) is 1.18. The predicted molar refractivity (Wildman–Crippen MR) is 41.0 cm³/mol. The molecule has 3 heteroatoms. The molecular weight excluding hydrogens is 144 g/mol. The molecule has 11 heavy (non-hydrogen) atoms. The second kappa shape index (κ2) is 4.53. The van der Waals surface area contributed by atoms with Gasteiger partial charge in [-0.05, 0) is 6.92 Å². The summed E-state index contributed by atoms with van der Waals surface area (Å²) < 4.78 is 4.90. The largest absolute Gasteiger partial charge is 0.478 e. The van der Waals surface area contributed by atoms with E-state index in [2.05, 4.69) is 12.5 Å². The van der Waals surface area contributed by atoms with Gasteiger partial charge in [-0.3, -0.25) is 0 Å². The van der Waals surface area contributed by atoms with Gasteiger partial charge < -0.3 is 9.84 Å². The molecule has 0 aromatic carbocycles. The summed E-state index contributed by atoms with van der Waals surface area (Å²) in [6, 6.07) is 0. The van der Waals surface area contributed by atoms with Crippen LogP contribution in [0, 0.1) is 12.3 Å². The fourth-order valence-corrected chi connectivity index (χ4v) is 0.448. The molecule has 0 amide bonds. The first-order valence-corrected chi connectivity index (χ1v) is 3.06. The number of hydrogen-bond acceptors (Lipinski definition) is 2. The fraction of sp³-hybridized carbons (Fsp3) is 0.375. The van der Waals surface area contributed by atoms with Crippen molar-refractivity contribution in [2.75, 3.05) is 6.61 Å². The molecule has 0 aromatic rings. The second-order valence-corrected chi connectivity index (χ2v) is 1.99. The molecular formula is C8H10O3. The maximum Gasteiger partial charge on any atom is 0.333 e. The van der Waals surface area contributed by atoms with Crippen LogP contribution in [0.15, 0.2) is 12.2 Å². The Morgan fingerprint density at radius 2 is 2.45 bits per heavy atom. The molecule has 0 bridgehead atoms. The average molecular weight is 154 g/mol. The SMILES string of the molecule is C#CCOC(C)C(=C)C(=O)O. The molecule has 0 aliphatic carbocycles. The molecule has 0 saturated heterocycles. The number of terminal acetylenes is 1. The van der Waals surface area contributed by atoms with Gasteiger partial charge in [-0.15, -0.1) is 6.42 Å². The van der Waals surface area contributed by atoms with Gasteiger partial charge in [0.1, 0.15) is 6.61 Å². The quantitative estimate of drug-likeness (QED) is 0.478. The van der Waals surface area contributed by atoms with Crippen LogP contribution in [0.2, 0.25) is 0 Å². The number of ether oxygens (including phenoxy) is 1. The van der Waals surface area contributed by atoms with Crippen molar-refractivity contribution in [1.29, 1.82) is 0 Å². The van der Waals surface area contributed by atoms with E-state index >= 15 is 0 Å². The molecule has 3 nitrogen and oxygen atoms in total. The van der Waals surface area contributed by atoms with Gasteiger partial charge in [0.05, 0.1) is 11.7 Å². The summed E-state index contributed by atoms with van der Waals surface area (Å²) in [6.45, 7) is 5.01. The molecule has 1 unspecified atom stereocenters. The van der Waals surface area contributed by atoms with Gasteiger partial charge in [0.25, 0.3) is 0 Å². The summed E-state index contributed by atoms with van der Waals surface area (Å²) in [4.78, 5) is 10.3. The summed E-state index contributed by atoms with van der Waals surface area (Å²) in [6.07, 6.45) is 4.38. The van der Waals surface area contributed by atoms with Gasteiger partial charge in [-0.25, -0.2) is 4.79 Å². The lowest BCUT2D eigenvalue weighted by Gasteiger charge is -2.09. The van der Waals surface area contributed by atoms with Crippen molar-refractivity contribution < 1.29 is 14.6 Å². The smallest absolute Gasteiger partial charge is 0.333 e. The van der Waals surface area contributed by atoms with Gasteiger partial charge in [-0.1, -0.05) is 12.5 Å². The Kier molecular flexibility index (Phi) is 4.01. The standard InChI is InChI=1S/C8H10O3/c1-4-5-11-7(3)6(2)8(9)10/h1,7H,2,5H2,3H3,(H,9,10). The molecule has 60 valence electrons. The Hall–Kier alpha value is -1.27. The van der Waals surface area contributed by atoms with Crippen LogP contribution < -0.4 is 0 Å². The van der Waals surface area contributed by atoms with Crippen LogP contribution in [-0.2, 0) is 9.53 Å². The topological polar surface area (TPSA) is 46.5 Å². The normalized spacial score (nSPS) is 11.6. The molecule has 0 aromatic heterocycles. The van der Waals surface area contributed by atoms with Crippen molar-refractivity contribution in [3.05, 3.63) is 12.2 Å². The number of carboxylic acids is 1. The van der Waals surface area contributed by atoms with Crippen LogP contribution in [0.4, 0.5) is 0 Å². The van der Waals surface area contributed by atoms with Crippen molar-refractivity contribution in [3.8, 4) is 12.3 Å². The summed E-state index contributed by atoms with van der Waals surface area (Å²) in [5, 5.41) is 8.42. The van der Waals surface area contributed by atoms with E-state index in [4.69, 9.17) is 16.3 Å². The van der Waals surface area contributed by atoms with Crippen LogP contribution in [-0.4, -0.2) is 23.8 Å². The maximum atomic E-state index is 10.3. The lowest BCUT2D eigenvalue weighted by Crippen LogP contribution is -2.17. The monoisotopic (exact) mass is 154 g/mol. The molecule has 0 aliphatic heterocycles. The Morgan fingerprint density at radius 3 is 2.82 bits per heavy atom. The van der Waals surface area contributed by atoms with E-state index < -0.39 is 12.1 Å². The average Bonchev–Trinajstić information content (AvgIpc) is 1.98. The first-order chi connectivity index (χ1) is 5.09. The number of rotatable bonds is 4. The molecule has 0 rings (SSSR count). The third kappa shape index (κ3) is 3.43. The van der Waals surface area contributed by atoms with Crippen molar-refractivity contribution in [3.63, 3.8) is 0 Å². The minimum atomic E-state index is -1.06. The van der Waals surface area contributed by atoms with Gasteiger partial charge in [0.2, 0.25) is 0 Å². The van der Waals surface area contributed by atoms with Crippen molar-refractivity contribution in [2.45, 2.75) is 13.0 Å². The molecule has 0 aliphatic rings. The number of hydrogen-bond donors (Lipinski definition) is 1. The molecule has 0 radical (unpaired) electrons. The second-order valence-electron chi connectivity index (χ2n) is 1.99. The fourth-order valence-electron chi connectivity index (χ4n) is 0.448. The summed E-state index contributed by atoms with van der Waals surface area (Å²) in [5.74, 6) is 1.18. The van der Waals surface area contributed by atoms with E-state index in [1.807, 2.05) is 0 Å². The highest BCUT2D eigenvalue weighted by Gasteiger charge is 2.12. The van der Waals surface area contributed by atoms with Crippen molar-refractivity contribution >= 4 is 5.97 Å². The molecule has 1 atom stereocenters. The maximum absolute atomic E-state index is 10.3. The molecule has 1 N–H and O–H groups in total. The Morgan fingerprint density at radius 1 is 1.91 bits per heavy atom. The zero-order chi connectivity index (χ0) is 8.85. The van der Waals surface area contributed by atoms with E-state index in [-0.39, 0.29) is 12.2 Å². The van der Waals surface area contributed by atoms with Crippen molar-refractivity contribution in [1.82, 2.24) is 0 Å². The zero-order valence-electron chi connectivity index (χ0n) is 6.33. The third-order valence-corrected chi connectivity index (χ3v) is 1.18.